The zero-order chi connectivity index (χ0) is 30.3. The first-order chi connectivity index (χ1) is 18.8. The number of esters is 1. The van der Waals surface area contributed by atoms with Gasteiger partial charge in [-0.05, 0) is 53.9 Å². The fourth-order valence-corrected chi connectivity index (χ4v) is 4.25. The van der Waals surface area contributed by atoms with E-state index in [4.69, 9.17) is 25.8 Å². The van der Waals surface area contributed by atoms with Crippen LogP contribution in [-0.4, -0.2) is 85.3 Å². The van der Waals surface area contributed by atoms with Crippen molar-refractivity contribution in [1.82, 2.24) is 21.3 Å². The van der Waals surface area contributed by atoms with Gasteiger partial charge in [0.2, 0.25) is 17.7 Å². The Bertz CT molecular complexity index is 892. The second kappa shape index (κ2) is 17.8. The largest absolute Gasteiger partial charge is 0.463 e. The summed E-state index contributed by atoms with van der Waals surface area (Å²) in [5.41, 5.74) is -0.620. The van der Waals surface area contributed by atoms with E-state index >= 15 is 0 Å². The minimum atomic E-state index is -1.17. The third-order valence-electron chi connectivity index (χ3n) is 5.87. The summed E-state index contributed by atoms with van der Waals surface area (Å²) >= 11 is 5.59. The molecule has 228 valence electrons. The molecule has 12 nitrogen and oxygen atoms in total. The zero-order valence-electron chi connectivity index (χ0n) is 24.3. The van der Waals surface area contributed by atoms with E-state index in [0.29, 0.717) is 25.8 Å². The van der Waals surface area contributed by atoms with Gasteiger partial charge in [0.05, 0.1) is 24.2 Å². The molecule has 0 radical (unpaired) electrons. The van der Waals surface area contributed by atoms with Crippen molar-refractivity contribution in [2.75, 3.05) is 25.6 Å². The molecular weight excluding hydrogens is 544 g/mol. The van der Waals surface area contributed by atoms with Crippen LogP contribution in [0, 0.1) is 5.92 Å². The van der Waals surface area contributed by atoms with Crippen LogP contribution in [0.1, 0.15) is 67.2 Å². The lowest BCUT2D eigenvalue weighted by molar-refractivity contribution is -0.137. The van der Waals surface area contributed by atoms with E-state index in [-0.39, 0.29) is 37.3 Å². The Balaban J connectivity index is 3.09. The maximum Gasteiger partial charge on any atom is 0.407 e. The first kappa shape index (κ1) is 35.2. The van der Waals surface area contributed by atoms with E-state index < -0.39 is 53.7 Å². The summed E-state index contributed by atoms with van der Waals surface area (Å²) in [6, 6.07) is -2.79. The van der Waals surface area contributed by atoms with Gasteiger partial charge in [-0.25, -0.2) is 9.59 Å². The summed E-state index contributed by atoms with van der Waals surface area (Å²) in [5.74, 6) is -2.07. The molecule has 0 aromatic carbocycles. The van der Waals surface area contributed by atoms with Gasteiger partial charge in [0.1, 0.15) is 18.7 Å². The topological polar surface area (TPSA) is 161 Å². The van der Waals surface area contributed by atoms with Crippen LogP contribution in [0.2, 0.25) is 0 Å². The van der Waals surface area contributed by atoms with Crippen LogP contribution in [0.5, 0.6) is 0 Å². The van der Waals surface area contributed by atoms with Gasteiger partial charge in [-0.2, -0.15) is 0 Å². The number of nitrogens with one attached hydrogen (secondary N) is 4. The number of amides is 4. The standard InChI is InChI=1S/C27H45ClN4O8/c1-7-9-20(31-25(36)22(17(3)40-27(4,5)6)32-26(37)39-15-13-28)24(35)30-19(10-11-21(33)38-8-2)16-18-12-14-29-23(18)34/h10-11,17-20,22H,7-9,12-16H2,1-6H3,(H,29,34)(H,30,35)(H,31,36)(H,32,37)/b11-10+/t17?,18-,19+,20-,22-/m0/s1. The van der Waals surface area contributed by atoms with Gasteiger partial charge in [-0.15, -0.1) is 11.6 Å². The molecule has 40 heavy (non-hydrogen) atoms. The van der Waals surface area contributed by atoms with Crippen LogP contribution < -0.4 is 21.3 Å². The Morgan fingerprint density at radius 1 is 1.10 bits per heavy atom. The summed E-state index contributed by atoms with van der Waals surface area (Å²) in [4.78, 5) is 63.0. The number of rotatable bonds is 16. The van der Waals surface area contributed by atoms with Crippen LogP contribution >= 0.6 is 11.6 Å². The van der Waals surface area contributed by atoms with Gasteiger partial charge in [-0.3, -0.25) is 14.4 Å². The lowest BCUT2D eigenvalue weighted by Gasteiger charge is -2.31. The fourth-order valence-electron chi connectivity index (χ4n) is 4.17. The molecule has 1 rings (SSSR count). The number of hydrogen-bond donors (Lipinski definition) is 4. The number of carbonyl (C=O) groups excluding carboxylic acids is 5. The van der Waals surface area contributed by atoms with Crippen molar-refractivity contribution in [2.24, 2.45) is 5.92 Å². The highest BCUT2D eigenvalue weighted by Crippen LogP contribution is 2.18. The van der Waals surface area contributed by atoms with E-state index in [1.807, 2.05) is 27.7 Å². The monoisotopic (exact) mass is 588 g/mol. The second-order valence-electron chi connectivity index (χ2n) is 10.5. The molecule has 0 aromatic heterocycles. The average molecular weight is 589 g/mol. The van der Waals surface area contributed by atoms with Crippen LogP contribution in [0.3, 0.4) is 0 Å². The third kappa shape index (κ3) is 13.5. The van der Waals surface area contributed by atoms with Crippen molar-refractivity contribution in [3.63, 3.8) is 0 Å². The smallest absolute Gasteiger partial charge is 0.407 e. The number of ether oxygens (including phenoxy) is 3. The van der Waals surface area contributed by atoms with Crippen molar-refractivity contribution in [3.05, 3.63) is 12.2 Å². The molecule has 0 aliphatic carbocycles. The van der Waals surface area contributed by atoms with E-state index in [9.17, 15) is 24.0 Å². The minimum Gasteiger partial charge on any atom is -0.463 e. The van der Waals surface area contributed by atoms with Crippen LogP contribution in [0.25, 0.3) is 0 Å². The van der Waals surface area contributed by atoms with Gasteiger partial charge in [0, 0.05) is 24.6 Å². The molecule has 4 amide bonds. The molecule has 0 bridgehead atoms. The fraction of sp³-hybridized carbons (Fsp3) is 0.741. The van der Waals surface area contributed by atoms with Crippen molar-refractivity contribution >= 4 is 41.4 Å². The zero-order valence-corrected chi connectivity index (χ0v) is 25.1. The summed E-state index contributed by atoms with van der Waals surface area (Å²) in [7, 11) is 0. The quantitative estimate of drug-likeness (QED) is 0.121. The van der Waals surface area contributed by atoms with Crippen LogP contribution in [-0.2, 0) is 33.4 Å². The van der Waals surface area contributed by atoms with Crippen molar-refractivity contribution in [1.29, 1.82) is 0 Å². The molecule has 13 heteroatoms. The van der Waals surface area contributed by atoms with Crippen molar-refractivity contribution in [2.45, 2.75) is 97.1 Å². The Kier molecular flexibility index (Phi) is 15.6. The first-order valence-electron chi connectivity index (χ1n) is 13.7. The molecule has 1 aliphatic rings. The molecule has 1 heterocycles. The average Bonchev–Trinajstić information content (AvgIpc) is 3.27. The molecule has 0 spiro atoms. The Labute approximate surface area is 241 Å². The molecular formula is C27H45ClN4O8. The summed E-state index contributed by atoms with van der Waals surface area (Å²) in [5, 5.41) is 10.8. The Hall–Kier alpha value is -2.86. The summed E-state index contributed by atoms with van der Waals surface area (Å²) in [6.45, 7) is 11.3. The number of alkyl halides is 1. The van der Waals surface area contributed by atoms with E-state index in [0.717, 1.165) is 0 Å². The molecule has 1 saturated heterocycles. The van der Waals surface area contributed by atoms with E-state index in [2.05, 4.69) is 21.3 Å². The van der Waals surface area contributed by atoms with Gasteiger partial charge in [0.15, 0.2) is 0 Å². The lowest BCUT2D eigenvalue weighted by Crippen LogP contribution is -2.58. The highest BCUT2D eigenvalue weighted by atomic mass is 35.5. The molecule has 0 aromatic rings. The summed E-state index contributed by atoms with van der Waals surface area (Å²) < 4.78 is 15.8. The maximum absolute atomic E-state index is 13.4. The maximum atomic E-state index is 13.4. The predicted molar refractivity (Wildman–Crippen MR) is 150 cm³/mol. The molecule has 1 aliphatic heterocycles. The van der Waals surface area contributed by atoms with E-state index in [1.54, 1.807) is 13.8 Å². The van der Waals surface area contributed by atoms with Crippen molar-refractivity contribution < 1.29 is 38.2 Å². The highest BCUT2D eigenvalue weighted by Gasteiger charge is 2.34. The van der Waals surface area contributed by atoms with Gasteiger partial charge >= 0.3 is 12.1 Å². The minimum absolute atomic E-state index is 0.0448. The number of hydrogen-bond acceptors (Lipinski definition) is 8. The number of carbonyl (C=O) groups is 5. The van der Waals surface area contributed by atoms with E-state index in [1.165, 1.54) is 12.2 Å². The first-order valence-corrected chi connectivity index (χ1v) is 14.2. The molecule has 5 atom stereocenters. The molecule has 0 saturated carbocycles. The number of halogens is 1. The second-order valence-corrected chi connectivity index (χ2v) is 10.8. The van der Waals surface area contributed by atoms with Gasteiger partial charge < -0.3 is 35.5 Å². The number of alkyl carbamates (subject to hydrolysis) is 1. The van der Waals surface area contributed by atoms with Gasteiger partial charge in [0.25, 0.3) is 0 Å². The van der Waals surface area contributed by atoms with Gasteiger partial charge in [-0.1, -0.05) is 19.4 Å². The van der Waals surface area contributed by atoms with Crippen molar-refractivity contribution in [3.8, 4) is 0 Å². The molecule has 4 N–H and O–H groups in total. The SMILES string of the molecule is CCC[C@H](NC(=O)[C@@H](NC(=O)OCCCl)C(C)OC(C)(C)C)C(=O)N[C@H](/C=C/C(=O)OCC)C[C@@H]1CCNC1=O. The highest BCUT2D eigenvalue weighted by molar-refractivity contribution is 6.18. The summed E-state index contributed by atoms with van der Waals surface area (Å²) in [6.07, 6.45) is 2.83. The molecule has 1 fully saturated rings. The van der Waals surface area contributed by atoms with Crippen LogP contribution in [0.15, 0.2) is 12.2 Å². The normalized spacial score (nSPS) is 18.3. The van der Waals surface area contributed by atoms with Crippen LogP contribution in [0.4, 0.5) is 4.79 Å². The molecule has 1 unspecified atom stereocenters. The predicted octanol–water partition coefficient (Wildman–Crippen LogP) is 1.94. The lowest BCUT2D eigenvalue weighted by atomic mass is 9.97. The third-order valence-corrected chi connectivity index (χ3v) is 6.02. The Morgan fingerprint density at radius 2 is 1.80 bits per heavy atom. The Morgan fingerprint density at radius 3 is 2.35 bits per heavy atom.